The van der Waals surface area contributed by atoms with E-state index in [4.69, 9.17) is 17.2 Å². The van der Waals surface area contributed by atoms with Crippen molar-refractivity contribution in [1.29, 1.82) is 0 Å². The number of rotatable bonds is 1. The van der Waals surface area contributed by atoms with Gasteiger partial charge in [0, 0.05) is 3.57 Å². The third kappa shape index (κ3) is 1.43. The van der Waals surface area contributed by atoms with E-state index in [1.54, 1.807) is 0 Å². The van der Waals surface area contributed by atoms with E-state index in [0.717, 1.165) is 9.13 Å². The fourth-order valence-electron chi connectivity index (χ4n) is 1.10. The first-order valence-electron chi connectivity index (χ1n) is 3.59. The summed E-state index contributed by atoms with van der Waals surface area (Å²) >= 11 is 2.11. The zero-order chi connectivity index (χ0) is 10.2. The third-order valence-corrected chi connectivity index (χ3v) is 3.30. The monoisotopic (exact) mass is 290 g/mol. The van der Waals surface area contributed by atoms with Gasteiger partial charge < -0.3 is 17.2 Å². The van der Waals surface area contributed by atoms with Gasteiger partial charge in [0.1, 0.15) is 0 Å². The number of nitrogens with zero attached hydrogens (tertiary/aromatic N) is 1. The Labute approximate surface area is 90.3 Å². The minimum Gasteiger partial charge on any atom is -0.396 e. The molecule has 0 spiro atoms. The first kappa shape index (κ1) is 10.1. The van der Waals surface area contributed by atoms with Crippen molar-refractivity contribution in [1.82, 2.24) is 0 Å². The molecule has 0 atom stereocenters. The van der Waals surface area contributed by atoms with Crippen LogP contribution in [0.4, 0.5) is 22.7 Å². The highest BCUT2D eigenvalue weighted by molar-refractivity contribution is 14.1. The van der Waals surface area contributed by atoms with Crippen LogP contribution in [-0.4, -0.2) is 6.72 Å². The Morgan fingerprint density at radius 3 is 2.15 bits per heavy atom. The van der Waals surface area contributed by atoms with E-state index in [1.807, 2.05) is 6.92 Å². The lowest BCUT2D eigenvalue weighted by molar-refractivity contribution is 1.38. The number of nitrogens with two attached hydrogens (primary N) is 3. The summed E-state index contributed by atoms with van der Waals surface area (Å²) in [6.45, 7) is 5.32. The van der Waals surface area contributed by atoms with Crippen molar-refractivity contribution in [2.75, 3.05) is 17.2 Å². The van der Waals surface area contributed by atoms with Crippen LogP contribution in [0.5, 0.6) is 0 Å². The number of anilines is 3. The van der Waals surface area contributed by atoms with Crippen LogP contribution in [0.15, 0.2) is 4.99 Å². The van der Waals surface area contributed by atoms with E-state index in [9.17, 15) is 0 Å². The van der Waals surface area contributed by atoms with Crippen LogP contribution in [0.25, 0.3) is 0 Å². The molecule has 5 heteroatoms. The Morgan fingerprint density at radius 2 is 1.69 bits per heavy atom. The Hall–Kier alpha value is -0.980. The molecule has 1 aromatic rings. The first-order valence-corrected chi connectivity index (χ1v) is 4.67. The average molecular weight is 290 g/mol. The van der Waals surface area contributed by atoms with Gasteiger partial charge in [0.15, 0.2) is 0 Å². The number of benzene rings is 1. The van der Waals surface area contributed by atoms with Crippen LogP contribution < -0.4 is 17.2 Å². The summed E-state index contributed by atoms with van der Waals surface area (Å²) in [7, 11) is 0. The molecule has 0 saturated carbocycles. The zero-order valence-corrected chi connectivity index (χ0v) is 9.42. The molecule has 4 nitrogen and oxygen atoms in total. The van der Waals surface area contributed by atoms with Crippen LogP contribution >= 0.6 is 22.6 Å². The highest BCUT2D eigenvalue weighted by Gasteiger charge is 2.13. The number of hydrogen-bond donors (Lipinski definition) is 3. The molecule has 6 N–H and O–H groups in total. The molecule has 0 saturated heterocycles. The lowest BCUT2D eigenvalue weighted by atomic mass is 10.1. The van der Waals surface area contributed by atoms with E-state index in [0.29, 0.717) is 22.7 Å². The van der Waals surface area contributed by atoms with Crippen molar-refractivity contribution in [2.45, 2.75) is 6.92 Å². The summed E-state index contributed by atoms with van der Waals surface area (Å²) in [6, 6.07) is 0. The van der Waals surface area contributed by atoms with Crippen molar-refractivity contribution in [3.05, 3.63) is 9.13 Å². The summed E-state index contributed by atoms with van der Waals surface area (Å²) in [6.07, 6.45) is 0. The maximum atomic E-state index is 5.73. The molecule has 0 aliphatic heterocycles. The predicted molar refractivity (Wildman–Crippen MR) is 66.3 cm³/mol. The number of aliphatic imine (C=N–C) groups is 1. The highest BCUT2D eigenvalue weighted by Crippen LogP contribution is 2.39. The van der Waals surface area contributed by atoms with Gasteiger partial charge in [0.05, 0.1) is 22.7 Å². The van der Waals surface area contributed by atoms with E-state index in [1.165, 1.54) is 0 Å². The molecule has 1 aromatic carbocycles. The van der Waals surface area contributed by atoms with Gasteiger partial charge in [-0.05, 0) is 41.8 Å². The largest absolute Gasteiger partial charge is 0.396 e. The summed E-state index contributed by atoms with van der Waals surface area (Å²) in [4.78, 5) is 3.82. The van der Waals surface area contributed by atoms with Crippen LogP contribution in [-0.2, 0) is 0 Å². The van der Waals surface area contributed by atoms with Crippen molar-refractivity contribution < 1.29 is 0 Å². The minimum absolute atomic E-state index is 0.386. The molecule has 0 amide bonds. The maximum Gasteiger partial charge on any atom is 0.0914 e. The molecule has 0 aliphatic carbocycles. The van der Waals surface area contributed by atoms with E-state index in [-0.39, 0.29) is 0 Å². The second-order valence-electron chi connectivity index (χ2n) is 2.69. The molecule has 0 unspecified atom stereocenters. The molecule has 1 rings (SSSR count). The summed E-state index contributed by atoms with van der Waals surface area (Å²) in [5.41, 5.74) is 20.0. The Bertz CT molecular complexity index is 344. The number of hydrogen-bond acceptors (Lipinski definition) is 4. The molecular formula is C8H11IN4. The number of halogens is 1. The minimum atomic E-state index is 0.386. The second kappa shape index (κ2) is 3.41. The van der Waals surface area contributed by atoms with Gasteiger partial charge in [-0.15, -0.1) is 0 Å². The Balaban J connectivity index is 3.66. The Kier molecular flexibility index (Phi) is 2.65. The van der Waals surface area contributed by atoms with Gasteiger partial charge in [-0.3, -0.25) is 4.99 Å². The lowest BCUT2D eigenvalue weighted by Gasteiger charge is -2.12. The molecule has 13 heavy (non-hydrogen) atoms. The van der Waals surface area contributed by atoms with E-state index in [2.05, 4.69) is 34.3 Å². The third-order valence-electron chi connectivity index (χ3n) is 1.91. The topological polar surface area (TPSA) is 90.4 Å². The van der Waals surface area contributed by atoms with Crippen molar-refractivity contribution >= 4 is 52.1 Å². The normalized spacial score (nSPS) is 10.0. The lowest BCUT2D eigenvalue weighted by Crippen LogP contribution is -2.04. The molecule has 0 aliphatic rings. The predicted octanol–water partition coefficient (Wildman–Crippen LogP) is 1.68. The highest BCUT2D eigenvalue weighted by atomic mass is 127. The summed E-state index contributed by atoms with van der Waals surface area (Å²) < 4.78 is 0.881. The van der Waals surface area contributed by atoms with Crippen LogP contribution in [0.2, 0.25) is 0 Å². The molecular weight excluding hydrogens is 279 g/mol. The number of nitrogen functional groups attached to an aromatic ring is 3. The molecule has 70 valence electrons. The van der Waals surface area contributed by atoms with Crippen LogP contribution in [0, 0.1) is 10.5 Å². The van der Waals surface area contributed by atoms with Crippen LogP contribution in [0.1, 0.15) is 5.56 Å². The van der Waals surface area contributed by atoms with Gasteiger partial charge in [-0.1, -0.05) is 0 Å². The quantitative estimate of drug-likeness (QED) is 0.417. The van der Waals surface area contributed by atoms with E-state index >= 15 is 0 Å². The first-order chi connectivity index (χ1) is 6.00. The maximum absolute atomic E-state index is 5.73. The molecule has 0 fully saturated rings. The fraction of sp³-hybridized carbons (Fsp3) is 0.125. The standard InChI is InChI=1S/C8H11IN4/c1-3-4(9)5(10)6(11)7(12)8(3)13-2/h2,10-12H2,1H3. The summed E-state index contributed by atoms with van der Waals surface area (Å²) in [5.74, 6) is 0. The SMILES string of the molecule is C=Nc1c(C)c(I)c(N)c(N)c1N. The van der Waals surface area contributed by atoms with Gasteiger partial charge in [-0.25, -0.2) is 0 Å². The molecule has 0 radical (unpaired) electrons. The smallest absolute Gasteiger partial charge is 0.0914 e. The van der Waals surface area contributed by atoms with Gasteiger partial charge >= 0.3 is 0 Å². The van der Waals surface area contributed by atoms with Gasteiger partial charge in [0.25, 0.3) is 0 Å². The van der Waals surface area contributed by atoms with Gasteiger partial charge in [-0.2, -0.15) is 0 Å². The molecule has 0 heterocycles. The van der Waals surface area contributed by atoms with Crippen molar-refractivity contribution in [3.63, 3.8) is 0 Å². The Morgan fingerprint density at radius 1 is 1.15 bits per heavy atom. The second-order valence-corrected chi connectivity index (χ2v) is 3.77. The van der Waals surface area contributed by atoms with E-state index < -0.39 is 0 Å². The van der Waals surface area contributed by atoms with Gasteiger partial charge in [0.2, 0.25) is 0 Å². The van der Waals surface area contributed by atoms with Crippen molar-refractivity contribution in [3.8, 4) is 0 Å². The molecule has 0 aromatic heterocycles. The average Bonchev–Trinajstić information content (AvgIpc) is 2.13. The zero-order valence-electron chi connectivity index (χ0n) is 7.26. The van der Waals surface area contributed by atoms with Crippen molar-refractivity contribution in [2.24, 2.45) is 4.99 Å². The molecule has 0 bridgehead atoms. The van der Waals surface area contributed by atoms with Crippen LogP contribution in [0.3, 0.4) is 0 Å². The fourth-order valence-corrected chi connectivity index (χ4v) is 1.65. The summed E-state index contributed by atoms with van der Waals surface area (Å²) in [5, 5.41) is 0.